The Morgan fingerprint density at radius 2 is 1.30 bits per heavy atom. The van der Waals surface area contributed by atoms with E-state index in [1.165, 1.54) is 71.4 Å². The van der Waals surface area contributed by atoms with Gasteiger partial charge in [-0.15, -0.1) is 0 Å². The first-order valence-electron chi connectivity index (χ1n) is 12.8. The van der Waals surface area contributed by atoms with Crippen LogP contribution in [0, 0.1) is 10.8 Å². The van der Waals surface area contributed by atoms with Gasteiger partial charge in [0, 0.05) is 38.5 Å². The molecule has 5 nitrogen and oxygen atoms in total. The van der Waals surface area contributed by atoms with Crippen molar-refractivity contribution < 1.29 is 4.79 Å². The van der Waals surface area contributed by atoms with E-state index >= 15 is 0 Å². The van der Waals surface area contributed by atoms with Gasteiger partial charge in [0.25, 0.3) is 0 Å². The Bertz CT molecular complexity index is 432. The number of carbonyl (C=O) groups is 1. The zero-order valence-electron chi connectivity index (χ0n) is 21.9. The number of nitrogens with zero attached hydrogens (tertiary/aromatic N) is 3. The standard InChI is InChI=1S/C10H18N2O.C9H18N2.3C2H6/c1-9(13)12-7-10(8-12)4-3-5-11(2)6-10;1-11-6-3-9(4-7-11)2-5-10-8-9;3*1-2/h3-8H2,1-2H3;10H,2-8H2,1H3;3*1-2H3. The van der Waals surface area contributed by atoms with Gasteiger partial charge in [-0.3, -0.25) is 4.79 Å². The van der Waals surface area contributed by atoms with Crippen molar-refractivity contribution in [2.75, 3.05) is 66.5 Å². The van der Waals surface area contributed by atoms with Gasteiger partial charge in [0.05, 0.1) is 0 Å². The van der Waals surface area contributed by atoms with Crippen molar-refractivity contribution >= 4 is 5.91 Å². The van der Waals surface area contributed by atoms with E-state index in [4.69, 9.17) is 0 Å². The molecule has 180 valence electrons. The second-order valence-corrected chi connectivity index (χ2v) is 8.95. The fraction of sp³-hybridized carbons (Fsp3) is 0.960. The quantitative estimate of drug-likeness (QED) is 0.626. The van der Waals surface area contributed by atoms with E-state index in [9.17, 15) is 4.79 Å². The van der Waals surface area contributed by atoms with Crippen molar-refractivity contribution in [3.8, 4) is 0 Å². The van der Waals surface area contributed by atoms with Crippen LogP contribution in [0.25, 0.3) is 0 Å². The van der Waals surface area contributed by atoms with Gasteiger partial charge in [0.1, 0.15) is 0 Å². The SMILES string of the molecule is CC.CC.CC.CC(=O)N1CC2(CCCN(C)C2)C1.CN1CCC2(CCNC2)CC1. The Hall–Kier alpha value is -0.650. The number of nitrogens with one attached hydrogen (secondary N) is 1. The predicted octanol–water partition coefficient (Wildman–Crippen LogP) is 4.33. The Labute approximate surface area is 188 Å². The largest absolute Gasteiger partial charge is 0.342 e. The molecule has 30 heavy (non-hydrogen) atoms. The van der Waals surface area contributed by atoms with Gasteiger partial charge < -0.3 is 20.0 Å². The molecule has 4 rings (SSSR count). The maximum Gasteiger partial charge on any atom is 0.219 e. The Morgan fingerprint density at radius 3 is 1.73 bits per heavy atom. The number of piperidine rings is 2. The van der Waals surface area contributed by atoms with Crippen molar-refractivity contribution in [2.45, 2.75) is 80.6 Å². The molecule has 0 aromatic heterocycles. The molecule has 4 saturated heterocycles. The number of hydrogen-bond acceptors (Lipinski definition) is 4. The first kappa shape index (κ1) is 29.4. The minimum absolute atomic E-state index is 0.235. The van der Waals surface area contributed by atoms with Crippen LogP contribution in [0.3, 0.4) is 0 Å². The molecule has 0 aliphatic carbocycles. The first-order valence-corrected chi connectivity index (χ1v) is 12.8. The normalized spacial score (nSPS) is 24.0. The van der Waals surface area contributed by atoms with Crippen LogP contribution in [0.2, 0.25) is 0 Å². The molecule has 1 amide bonds. The highest BCUT2D eigenvalue weighted by atomic mass is 16.2. The van der Waals surface area contributed by atoms with Gasteiger partial charge in [-0.05, 0) is 77.8 Å². The second kappa shape index (κ2) is 15.2. The maximum atomic E-state index is 11.0. The average Bonchev–Trinajstić information content (AvgIpc) is 3.22. The molecular weight excluding hydrogens is 372 g/mol. The van der Waals surface area contributed by atoms with Gasteiger partial charge in [-0.2, -0.15) is 0 Å². The van der Waals surface area contributed by atoms with Crippen molar-refractivity contribution in [3.63, 3.8) is 0 Å². The third-order valence-electron chi connectivity index (χ3n) is 6.73. The third-order valence-corrected chi connectivity index (χ3v) is 6.73. The number of hydrogen-bond donors (Lipinski definition) is 1. The van der Waals surface area contributed by atoms with Gasteiger partial charge in [-0.25, -0.2) is 0 Å². The van der Waals surface area contributed by atoms with Crippen molar-refractivity contribution in [2.24, 2.45) is 10.8 Å². The molecule has 0 unspecified atom stereocenters. The summed E-state index contributed by atoms with van der Waals surface area (Å²) in [4.78, 5) is 17.8. The van der Waals surface area contributed by atoms with E-state index in [0.717, 1.165) is 13.1 Å². The van der Waals surface area contributed by atoms with Gasteiger partial charge in [0.15, 0.2) is 0 Å². The molecule has 0 aromatic carbocycles. The molecular formula is C25H54N4O. The summed E-state index contributed by atoms with van der Waals surface area (Å²) < 4.78 is 0. The molecule has 0 radical (unpaired) electrons. The molecule has 0 bridgehead atoms. The van der Waals surface area contributed by atoms with E-state index in [2.05, 4.69) is 29.2 Å². The summed E-state index contributed by atoms with van der Waals surface area (Å²) in [6.45, 7) is 23.2. The molecule has 1 N–H and O–H groups in total. The van der Waals surface area contributed by atoms with Gasteiger partial charge in [-0.1, -0.05) is 41.5 Å². The fourth-order valence-electron chi connectivity index (χ4n) is 5.01. The van der Waals surface area contributed by atoms with Crippen LogP contribution in [0.15, 0.2) is 0 Å². The maximum absolute atomic E-state index is 11.0. The summed E-state index contributed by atoms with van der Waals surface area (Å²) >= 11 is 0. The van der Waals surface area contributed by atoms with Crippen LogP contribution in [-0.4, -0.2) is 87.1 Å². The first-order chi connectivity index (χ1) is 14.4. The summed E-state index contributed by atoms with van der Waals surface area (Å²) in [7, 11) is 4.41. The van der Waals surface area contributed by atoms with E-state index < -0.39 is 0 Å². The van der Waals surface area contributed by atoms with Gasteiger partial charge in [0.2, 0.25) is 5.91 Å². The van der Waals surface area contributed by atoms with Crippen LogP contribution in [0.1, 0.15) is 80.6 Å². The highest BCUT2D eigenvalue weighted by molar-refractivity contribution is 5.74. The Kier molecular flexibility index (Phi) is 14.9. The fourth-order valence-corrected chi connectivity index (χ4v) is 5.01. The lowest BCUT2D eigenvalue weighted by Crippen LogP contribution is -2.63. The molecule has 0 atom stereocenters. The van der Waals surface area contributed by atoms with E-state index in [1.54, 1.807) is 6.92 Å². The summed E-state index contributed by atoms with van der Waals surface area (Å²) in [5.41, 5.74) is 1.16. The summed E-state index contributed by atoms with van der Waals surface area (Å²) in [6.07, 6.45) is 6.84. The lowest BCUT2D eigenvalue weighted by molar-refractivity contribution is -0.144. The lowest BCUT2D eigenvalue weighted by atomic mass is 9.73. The monoisotopic (exact) mass is 426 g/mol. The number of likely N-dealkylation sites (tertiary alicyclic amines) is 3. The summed E-state index contributed by atoms with van der Waals surface area (Å²) in [5, 5.41) is 3.48. The molecule has 5 heteroatoms. The van der Waals surface area contributed by atoms with Crippen molar-refractivity contribution in [3.05, 3.63) is 0 Å². The van der Waals surface area contributed by atoms with Crippen molar-refractivity contribution in [1.29, 1.82) is 0 Å². The molecule has 4 heterocycles. The average molecular weight is 427 g/mol. The summed E-state index contributed by atoms with van der Waals surface area (Å²) in [6, 6.07) is 0. The van der Waals surface area contributed by atoms with Crippen LogP contribution >= 0.6 is 0 Å². The lowest BCUT2D eigenvalue weighted by Gasteiger charge is -2.54. The molecule has 4 fully saturated rings. The highest BCUT2D eigenvalue weighted by Gasteiger charge is 2.45. The third kappa shape index (κ3) is 8.84. The highest BCUT2D eigenvalue weighted by Crippen LogP contribution is 2.38. The van der Waals surface area contributed by atoms with E-state index in [0.29, 0.717) is 10.8 Å². The zero-order chi connectivity index (χ0) is 23.2. The molecule has 0 aromatic rings. The molecule has 4 aliphatic heterocycles. The number of amides is 1. The topological polar surface area (TPSA) is 38.8 Å². The molecule has 2 spiro atoms. The van der Waals surface area contributed by atoms with Crippen molar-refractivity contribution in [1.82, 2.24) is 20.0 Å². The minimum Gasteiger partial charge on any atom is -0.342 e. The summed E-state index contributed by atoms with van der Waals surface area (Å²) in [5.74, 6) is 0.235. The number of rotatable bonds is 0. The second-order valence-electron chi connectivity index (χ2n) is 8.95. The molecule has 4 aliphatic rings. The smallest absolute Gasteiger partial charge is 0.219 e. The van der Waals surface area contributed by atoms with Crippen LogP contribution in [-0.2, 0) is 4.79 Å². The zero-order valence-corrected chi connectivity index (χ0v) is 21.9. The van der Waals surface area contributed by atoms with Crippen LogP contribution in [0.5, 0.6) is 0 Å². The Balaban J connectivity index is 0.000000453. The minimum atomic E-state index is 0.235. The number of carbonyl (C=O) groups excluding carboxylic acids is 1. The Morgan fingerprint density at radius 1 is 0.733 bits per heavy atom. The predicted molar refractivity (Wildman–Crippen MR) is 132 cm³/mol. The van der Waals surface area contributed by atoms with Gasteiger partial charge >= 0.3 is 0 Å². The van der Waals surface area contributed by atoms with E-state index in [-0.39, 0.29) is 5.91 Å². The van der Waals surface area contributed by atoms with Crippen LogP contribution < -0.4 is 5.32 Å². The van der Waals surface area contributed by atoms with Crippen LogP contribution in [0.4, 0.5) is 0 Å². The van der Waals surface area contributed by atoms with E-state index in [1.807, 2.05) is 46.4 Å². The molecule has 0 saturated carbocycles.